The summed E-state index contributed by atoms with van der Waals surface area (Å²) in [5.74, 6) is 1.25. The minimum absolute atomic E-state index is 0.0297. The molecule has 0 aromatic heterocycles. The fourth-order valence-electron chi connectivity index (χ4n) is 7.59. The van der Waals surface area contributed by atoms with Gasteiger partial charge < -0.3 is 13.9 Å². The van der Waals surface area contributed by atoms with Gasteiger partial charge in [0.25, 0.3) is 0 Å². The van der Waals surface area contributed by atoms with Gasteiger partial charge in [0.15, 0.2) is 19.9 Å². The molecule has 1 aromatic rings. The number of Topliss-reactive ketones (excluding diaryl/α,β-unsaturated/α-hetero) is 2. The molecule has 1 aromatic carbocycles. The molecule has 8 heteroatoms. The van der Waals surface area contributed by atoms with E-state index < -0.39 is 30.1 Å². The number of hydrogen-bond donors (Lipinski definition) is 0. The maximum Gasteiger partial charge on any atom is 0.197 e. The van der Waals surface area contributed by atoms with Crippen LogP contribution in [0.25, 0.3) is 0 Å². The molecule has 1 saturated carbocycles. The molecule has 0 amide bonds. The molecule has 1 heterocycles. The average Bonchev–Trinajstić information content (AvgIpc) is 3.02. The maximum absolute atomic E-state index is 14.5. The number of ketones is 2. The zero-order chi connectivity index (χ0) is 28.2. The van der Waals surface area contributed by atoms with Crippen LogP contribution in [0.5, 0.6) is 5.75 Å². The number of hydrogen-bond acceptors (Lipinski definition) is 5. The molecule has 204 valence electrons. The molecule has 0 spiro atoms. The first kappa shape index (κ1) is 27.6. The second-order valence-electron chi connectivity index (χ2n) is 14.4. The highest BCUT2D eigenvalue weighted by Crippen LogP contribution is 2.61. The highest BCUT2D eigenvalue weighted by atomic mass is 28.4. The normalized spacial score (nSPS) is 29.2. The fraction of sp³-hybridized carbons (Fsp3) is 0.533. The van der Waals surface area contributed by atoms with Crippen LogP contribution in [0.3, 0.4) is 0 Å². The van der Waals surface area contributed by atoms with Crippen LogP contribution in [0, 0.1) is 11.8 Å². The van der Waals surface area contributed by atoms with Crippen molar-refractivity contribution in [2.75, 3.05) is 7.11 Å². The lowest BCUT2D eigenvalue weighted by Gasteiger charge is -2.52. The summed E-state index contributed by atoms with van der Waals surface area (Å²) in [6, 6.07) is 5.38. The number of carbonyl (C=O) groups is 2. The van der Waals surface area contributed by atoms with Crippen molar-refractivity contribution in [2.45, 2.75) is 83.5 Å². The Kier molecular flexibility index (Phi) is 6.16. The molecule has 0 unspecified atom stereocenters. The van der Waals surface area contributed by atoms with Gasteiger partial charge in [-0.1, -0.05) is 68.4 Å². The molecule has 4 aliphatic rings. The predicted molar refractivity (Wildman–Crippen MR) is 160 cm³/mol. The summed E-state index contributed by atoms with van der Waals surface area (Å²) in [5.41, 5.74) is 1.68. The van der Waals surface area contributed by atoms with Crippen LogP contribution in [-0.4, -0.2) is 54.8 Å². The summed E-state index contributed by atoms with van der Waals surface area (Å²) in [6.45, 7) is 24.8. The van der Waals surface area contributed by atoms with Gasteiger partial charge in [0.1, 0.15) is 23.2 Å². The number of ether oxygens (including phenoxy) is 2. The highest BCUT2D eigenvalue weighted by Gasteiger charge is 2.63. The van der Waals surface area contributed by atoms with Crippen molar-refractivity contribution < 1.29 is 23.5 Å². The summed E-state index contributed by atoms with van der Waals surface area (Å²) >= 11 is 0. The van der Waals surface area contributed by atoms with Crippen molar-refractivity contribution in [1.82, 2.24) is 0 Å². The highest BCUT2D eigenvalue weighted by molar-refractivity contribution is 6.85. The minimum Gasteiger partial charge on any atom is -0.496 e. The third kappa shape index (κ3) is 4.01. The predicted octanol–water partition coefficient (Wildman–Crippen LogP) is 6.96. The van der Waals surface area contributed by atoms with Crippen LogP contribution < -0.4 is 4.74 Å². The first-order chi connectivity index (χ1) is 17.4. The second-order valence-corrected chi connectivity index (χ2v) is 29.0. The van der Waals surface area contributed by atoms with Gasteiger partial charge in [-0.05, 0) is 38.0 Å². The number of carbonyl (C=O) groups excluding carboxylic acids is 2. The number of methoxy groups -OCH3 is 1. The second kappa shape index (κ2) is 8.49. The lowest BCUT2D eigenvalue weighted by Crippen LogP contribution is -2.55. The van der Waals surface area contributed by atoms with Gasteiger partial charge in [-0.2, -0.15) is 0 Å². The molecular formula is C30H42O5Si3. The Hall–Kier alpha value is -2.01. The average molecular weight is 567 g/mol. The third-order valence-electron chi connectivity index (χ3n) is 8.50. The molecule has 5 rings (SSSR count). The SMILES string of the molecule is C=C1O[C@@H]2C[C@@]1(O[Si](C)(C)C)C[C@H]1C([Si](C)(C)C)=C3C(=O)c4cccc(OC)c4C(=O)C3=C([Si](C)(C)C)[C@@H]21. The van der Waals surface area contributed by atoms with Crippen LogP contribution in [0.1, 0.15) is 33.6 Å². The van der Waals surface area contributed by atoms with E-state index in [2.05, 4.69) is 65.5 Å². The Morgan fingerprint density at radius 3 is 2.05 bits per heavy atom. The Balaban J connectivity index is 1.86. The molecule has 1 aliphatic heterocycles. The number of rotatable bonds is 5. The van der Waals surface area contributed by atoms with Gasteiger partial charge in [-0.3, -0.25) is 9.59 Å². The quantitative estimate of drug-likeness (QED) is 0.360. The van der Waals surface area contributed by atoms with Crippen LogP contribution in [0.15, 0.2) is 52.1 Å². The minimum atomic E-state index is -2.11. The Morgan fingerprint density at radius 2 is 1.50 bits per heavy atom. The van der Waals surface area contributed by atoms with Gasteiger partial charge in [-0.15, -0.1) is 0 Å². The topological polar surface area (TPSA) is 61.8 Å². The van der Waals surface area contributed by atoms with E-state index in [9.17, 15) is 9.59 Å². The van der Waals surface area contributed by atoms with Gasteiger partial charge >= 0.3 is 0 Å². The molecule has 0 radical (unpaired) electrons. The van der Waals surface area contributed by atoms with Gasteiger partial charge in [0.05, 0.1) is 28.8 Å². The van der Waals surface area contributed by atoms with E-state index in [0.29, 0.717) is 28.0 Å². The number of fused-ring (bicyclic) bond motifs is 6. The Morgan fingerprint density at radius 1 is 0.895 bits per heavy atom. The molecule has 3 aliphatic carbocycles. The van der Waals surface area contributed by atoms with E-state index >= 15 is 0 Å². The molecule has 2 fully saturated rings. The Labute approximate surface area is 230 Å². The first-order valence-corrected chi connectivity index (χ1v) is 24.1. The lowest BCUT2D eigenvalue weighted by molar-refractivity contribution is 0.0398. The van der Waals surface area contributed by atoms with Crippen molar-refractivity contribution in [3.05, 3.63) is 63.2 Å². The van der Waals surface area contributed by atoms with Crippen LogP contribution in [0.2, 0.25) is 58.9 Å². The maximum atomic E-state index is 14.5. The Bertz CT molecular complexity index is 1330. The summed E-state index contributed by atoms with van der Waals surface area (Å²) in [5, 5.41) is 2.38. The monoisotopic (exact) mass is 566 g/mol. The summed E-state index contributed by atoms with van der Waals surface area (Å²) in [7, 11) is -4.57. The molecular weight excluding hydrogens is 525 g/mol. The zero-order valence-corrected chi connectivity index (χ0v) is 27.6. The smallest absolute Gasteiger partial charge is 0.197 e. The standard InChI is InChI=1S/C30H42O5Si3/c1-17-30(35-38(9,10)11)15-19-23(21(16-30)34-17)29(37(6,7)8)25-24(28(19)36(3,4)5)26(31)18-13-12-14-20(33-2)22(18)27(25)32/h12-14,19,21,23H,1,15-16H2,2-11H3/t19-,21-,23-,30+/m1/s1. The van der Waals surface area contributed by atoms with Crippen molar-refractivity contribution in [1.29, 1.82) is 0 Å². The van der Waals surface area contributed by atoms with E-state index in [4.69, 9.17) is 13.9 Å². The molecule has 0 N–H and O–H groups in total. The van der Waals surface area contributed by atoms with Crippen LogP contribution >= 0.6 is 0 Å². The van der Waals surface area contributed by atoms with Crippen molar-refractivity contribution in [2.24, 2.45) is 11.8 Å². The lowest BCUT2D eigenvalue weighted by atomic mass is 9.65. The largest absolute Gasteiger partial charge is 0.496 e. The molecule has 2 bridgehead atoms. The summed E-state index contributed by atoms with van der Waals surface area (Å²) in [4.78, 5) is 29.0. The van der Waals surface area contributed by atoms with Crippen molar-refractivity contribution in [3.63, 3.8) is 0 Å². The third-order valence-corrected chi connectivity index (χ3v) is 13.9. The van der Waals surface area contributed by atoms with Crippen LogP contribution in [0.4, 0.5) is 0 Å². The van der Waals surface area contributed by atoms with E-state index in [0.717, 1.165) is 18.6 Å². The van der Waals surface area contributed by atoms with E-state index in [1.54, 1.807) is 19.2 Å². The summed E-state index contributed by atoms with van der Waals surface area (Å²) in [6.07, 6.45) is 1.41. The van der Waals surface area contributed by atoms with E-state index in [1.165, 1.54) is 10.4 Å². The van der Waals surface area contributed by atoms with Crippen LogP contribution in [-0.2, 0) is 9.16 Å². The molecule has 1 saturated heterocycles. The fourth-order valence-corrected chi connectivity index (χ4v) is 13.8. The zero-order valence-electron chi connectivity index (χ0n) is 24.6. The first-order valence-electron chi connectivity index (χ1n) is 13.7. The molecule has 4 atom stereocenters. The summed E-state index contributed by atoms with van der Waals surface area (Å²) < 4.78 is 19.1. The van der Waals surface area contributed by atoms with Gasteiger partial charge in [0.2, 0.25) is 0 Å². The van der Waals surface area contributed by atoms with Crippen molar-refractivity contribution >= 4 is 36.0 Å². The number of benzene rings is 1. The molecule has 38 heavy (non-hydrogen) atoms. The van der Waals surface area contributed by atoms with E-state index in [1.807, 2.05) is 6.07 Å². The van der Waals surface area contributed by atoms with Gasteiger partial charge in [-0.25, -0.2) is 0 Å². The molecule has 5 nitrogen and oxygen atoms in total. The number of allylic oxidation sites excluding steroid dienone is 3. The van der Waals surface area contributed by atoms with E-state index in [-0.39, 0.29) is 29.5 Å². The van der Waals surface area contributed by atoms with Gasteiger partial charge in [0, 0.05) is 29.0 Å². The van der Waals surface area contributed by atoms with Crippen molar-refractivity contribution in [3.8, 4) is 5.75 Å².